The van der Waals surface area contributed by atoms with Crippen molar-refractivity contribution < 1.29 is 4.43 Å². The molecular formula is C20H26N2OSi. The molecule has 0 spiro atoms. The van der Waals surface area contributed by atoms with Gasteiger partial charge in [-0.05, 0) is 44.5 Å². The average molecular weight is 339 g/mol. The molecule has 1 saturated heterocycles. The topological polar surface area (TPSA) is 24.8 Å². The highest BCUT2D eigenvalue weighted by Gasteiger charge is 2.19. The van der Waals surface area contributed by atoms with Crippen LogP contribution in [-0.4, -0.2) is 32.9 Å². The fourth-order valence-corrected chi connectivity index (χ4v) is 3.84. The largest absolute Gasteiger partial charge is 0.545 e. The highest BCUT2D eigenvalue weighted by molar-refractivity contribution is 6.49. The predicted molar refractivity (Wildman–Crippen MR) is 104 cm³/mol. The van der Waals surface area contributed by atoms with Gasteiger partial charge in [0.1, 0.15) is 17.3 Å². The van der Waals surface area contributed by atoms with Gasteiger partial charge in [0.15, 0.2) is 0 Å². The van der Waals surface area contributed by atoms with Gasteiger partial charge >= 0.3 is 0 Å². The van der Waals surface area contributed by atoms with Gasteiger partial charge < -0.3 is 9.33 Å². The molecule has 0 bridgehead atoms. The number of aryl methyl sites for hydroxylation is 1. The molecule has 0 aliphatic carbocycles. The van der Waals surface area contributed by atoms with Crippen molar-refractivity contribution in [1.82, 2.24) is 4.90 Å². The molecule has 4 heteroatoms. The number of likely N-dealkylation sites (tertiary alicyclic amines) is 1. The summed E-state index contributed by atoms with van der Waals surface area (Å²) in [6.45, 7) is 8.64. The van der Waals surface area contributed by atoms with Crippen LogP contribution in [0.25, 0.3) is 0 Å². The van der Waals surface area contributed by atoms with Gasteiger partial charge in [0, 0.05) is 18.7 Å². The van der Waals surface area contributed by atoms with Crippen molar-refractivity contribution in [2.24, 2.45) is 4.99 Å². The van der Waals surface area contributed by atoms with Gasteiger partial charge in [-0.2, -0.15) is 0 Å². The first-order valence-corrected chi connectivity index (χ1v) is 11.6. The molecule has 3 rings (SSSR count). The van der Waals surface area contributed by atoms with Crippen LogP contribution in [0.4, 0.5) is 5.69 Å². The lowest BCUT2D eigenvalue weighted by Crippen LogP contribution is -2.28. The van der Waals surface area contributed by atoms with Crippen molar-refractivity contribution >= 4 is 20.6 Å². The zero-order valence-electron chi connectivity index (χ0n) is 14.8. The summed E-state index contributed by atoms with van der Waals surface area (Å²) in [5.41, 5.74) is 3.28. The third kappa shape index (κ3) is 3.87. The van der Waals surface area contributed by atoms with Crippen LogP contribution in [0.1, 0.15) is 24.0 Å². The lowest BCUT2D eigenvalue weighted by Gasteiger charge is -2.22. The van der Waals surface area contributed by atoms with Crippen LogP contribution < -0.4 is 4.43 Å². The van der Waals surface area contributed by atoms with Crippen molar-refractivity contribution in [2.45, 2.75) is 32.9 Å². The molecule has 2 aromatic rings. The maximum atomic E-state index is 6.19. The van der Waals surface area contributed by atoms with E-state index in [9.17, 15) is 0 Å². The SMILES string of the molecule is Cc1cccc(N=C(c2ccccc2)N2CCCC2)c1O[SiH](C)C. The number of amidine groups is 1. The van der Waals surface area contributed by atoms with Gasteiger partial charge in [0.25, 0.3) is 0 Å². The van der Waals surface area contributed by atoms with Crippen molar-refractivity contribution in [3.63, 3.8) is 0 Å². The Morgan fingerprint density at radius 3 is 2.38 bits per heavy atom. The minimum Gasteiger partial charge on any atom is -0.545 e. The number of rotatable bonds is 4. The van der Waals surface area contributed by atoms with Crippen LogP contribution in [0, 0.1) is 6.92 Å². The van der Waals surface area contributed by atoms with Gasteiger partial charge in [-0.25, -0.2) is 4.99 Å². The summed E-state index contributed by atoms with van der Waals surface area (Å²) in [5, 5.41) is 0. The minimum absolute atomic E-state index is 0.946. The molecule has 1 aliphatic heterocycles. The molecular weight excluding hydrogens is 312 g/mol. The number of aliphatic imine (C=N–C) groups is 1. The molecule has 126 valence electrons. The van der Waals surface area contributed by atoms with E-state index in [1.54, 1.807) is 0 Å². The smallest absolute Gasteiger partial charge is 0.229 e. The van der Waals surface area contributed by atoms with E-state index >= 15 is 0 Å². The maximum Gasteiger partial charge on any atom is 0.229 e. The fraction of sp³-hybridized carbons (Fsp3) is 0.350. The van der Waals surface area contributed by atoms with Gasteiger partial charge in [0.2, 0.25) is 9.04 Å². The van der Waals surface area contributed by atoms with E-state index in [-0.39, 0.29) is 0 Å². The Balaban J connectivity index is 2.06. The van der Waals surface area contributed by atoms with Gasteiger partial charge in [0.05, 0.1) is 0 Å². The monoisotopic (exact) mass is 338 g/mol. The van der Waals surface area contributed by atoms with Crippen molar-refractivity contribution in [3.8, 4) is 5.75 Å². The number of nitrogens with zero attached hydrogens (tertiary/aromatic N) is 2. The Labute approximate surface area is 146 Å². The zero-order valence-corrected chi connectivity index (χ0v) is 16.0. The molecule has 24 heavy (non-hydrogen) atoms. The Kier molecular flexibility index (Phi) is 5.36. The molecule has 0 radical (unpaired) electrons. The first kappa shape index (κ1) is 16.8. The Bertz CT molecular complexity index is 707. The van der Waals surface area contributed by atoms with Crippen LogP contribution in [0.2, 0.25) is 13.1 Å². The normalized spacial score (nSPS) is 15.2. The van der Waals surface area contributed by atoms with Crippen LogP contribution in [0.3, 0.4) is 0 Å². The zero-order chi connectivity index (χ0) is 16.9. The molecule has 1 fully saturated rings. The molecule has 0 unspecified atom stereocenters. The second-order valence-corrected chi connectivity index (χ2v) is 8.92. The molecule has 0 aromatic heterocycles. The molecule has 0 amide bonds. The van der Waals surface area contributed by atoms with Crippen molar-refractivity contribution in [2.75, 3.05) is 13.1 Å². The summed E-state index contributed by atoms with van der Waals surface area (Å²) in [7, 11) is -1.18. The Morgan fingerprint density at radius 2 is 1.71 bits per heavy atom. The lowest BCUT2D eigenvalue weighted by atomic mass is 10.1. The van der Waals surface area contributed by atoms with Gasteiger partial charge in [-0.1, -0.05) is 42.5 Å². The van der Waals surface area contributed by atoms with Crippen LogP contribution >= 0.6 is 0 Å². The fourth-order valence-electron chi connectivity index (χ4n) is 3.06. The minimum atomic E-state index is -1.18. The summed E-state index contributed by atoms with van der Waals surface area (Å²) < 4.78 is 6.19. The highest BCUT2D eigenvalue weighted by Crippen LogP contribution is 2.33. The summed E-state index contributed by atoms with van der Waals surface area (Å²) in [6, 6.07) is 16.7. The second-order valence-electron chi connectivity index (χ2n) is 6.59. The number of hydrogen-bond acceptors (Lipinski definition) is 2. The summed E-state index contributed by atoms with van der Waals surface area (Å²) in [5.74, 6) is 2.01. The van der Waals surface area contributed by atoms with E-state index < -0.39 is 9.04 Å². The van der Waals surface area contributed by atoms with Crippen LogP contribution in [-0.2, 0) is 0 Å². The molecule has 1 heterocycles. The highest BCUT2D eigenvalue weighted by atomic mass is 28.3. The first-order chi connectivity index (χ1) is 11.6. The number of hydrogen-bond donors (Lipinski definition) is 0. The molecule has 0 atom stereocenters. The van der Waals surface area contributed by atoms with Crippen LogP contribution in [0.15, 0.2) is 53.5 Å². The molecule has 0 saturated carbocycles. The van der Waals surface area contributed by atoms with E-state index in [4.69, 9.17) is 9.42 Å². The van der Waals surface area contributed by atoms with Gasteiger partial charge in [-0.3, -0.25) is 0 Å². The van der Waals surface area contributed by atoms with Crippen LogP contribution in [0.5, 0.6) is 5.75 Å². The van der Waals surface area contributed by atoms with E-state index in [1.807, 2.05) is 0 Å². The summed E-state index contributed by atoms with van der Waals surface area (Å²) >= 11 is 0. The van der Waals surface area contributed by atoms with E-state index in [1.165, 1.54) is 18.4 Å². The second kappa shape index (κ2) is 7.66. The van der Waals surface area contributed by atoms with E-state index in [0.29, 0.717) is 0 Å². The number of para-hydroxylation sites is 1. The van der Waals surface area contributed by atoms with Crippen molar-refractivity contribution in [3.05, 3.63) is 59.7 Å². The lowest BCUT2D eigenvalue weighted by molar-refractivity contribution is 0.520. The summed E-state index contributed by atoms with van der Waals surface area (Å²) in [6.07, 6.45) is 2.48. The van der Waals surface area contributed by atoms with E-state index in [2.05, 4.69) is 73.4 Å². The third-order valence-corrected chi connectivity index (χ3v) is 4.92. The maximum absolute atomic E-state index is 6.19. The third-order valence-electron chi connectivity index (χ3n) is 4.21. The molecule has 0 N–H and O–H groups in total. The summed E-state index contributed by atoms with van der Waals surface area (Å²) in [4.78, 5) is 7.46. The first-order valence-electron chi connectivity index (χ1n) is 8.80. The standard InChI is InChI=1S/C20H26N2OSi/c1-16-10-9-13-18(19(16)23-24(2)3)21-20(22-14-7-8-15-22)17-11-5-4-6-12-17/h4-6,9-13,24H,7-8,14-15H2,1-3H3. The molecule has 3 nitrogen and oxygen atoms in total. The molecule has 1 aliphatic rings. The van der Waals surface area contributed by atoms with E-state index in [0.717, 1.165) is 35.9 Å². The van der Waals surface area contributed by atoms with Crippen molar-refractivity contribution in [1.29, 1.82) is 0 Å². The van der Waals surface area contributed by atoms with Gasteiger partial charge in [-0.15, -0.1) is 0 Å². The average Bonchev–Trinajstić information content (AvgIpc) is 3.10. The number of benzene rings is 2. The molecule has 2 aromatic carbocycles. The predicted octanol–water partition coefficient (Wildman–Crippen LogP) is 4.53. The Morgan fingerprint density at radius 1 is 1.00 bits per heavy atom. The quantitative estimate of drug-likeness (QED) is 0.465. The Hall–Kier alpha value is -2.07.